The Labute approximate surface area is 100.0 Å². The number of hydrogen-bond acceptors (Lipinski definition) is 4. The second-order valence-corrected chi connectivity index (χ2v) is 6.03. The van der Waals surface area contributed by atoms with Crippen molar-refractivity contribution >= 4 is 11.8 Å². The van der Waals surface area contributed by atoms with E-state index in [0.29, 0.717) is 5.25 Å². The van der Waals surface area contributed by atoms with E-state index in [0.717, 1.165) is 31.0 Å². The van der Waals surface area contributed by atoms with Gasteiger partial charge in [0, 0.05) is 19.0 Å². The van der Waals surface area contributed by atoms with E-state index >= 15 is 0 Å². The van der Waals surface area contributed by atoms with Crippen LogP contribution in [0.5, 0.6) is 0 Å². The first-order valence-electron chi connectivity index (χ1n) is 6.14. The first kappa shape index (κ1) is 10.6. The molecule has 3 rings (SSSR count). The Bertz CT molecular complexity index is 370. The van der Waals surface area contributed by atoms with Crippen LogP contribution in [0.15, 0.2) is 0 Å². The average molecular weight is 238 g/mol. The molecule has 0 bridgehead atoms. The highest BCUT2D eigenvalue weighted by Crippen LogP contribution is 2.36. The van der Waals surface area contributed by atoms with E-state index in [1.165, 1.54) is 25.0 Å². The van der Waals surface area contributed by atoms with E-state index in [1.54, 1.807) is 0 Å². The van der Waals surface area contributed by atoms with Gasteiger partial charge in [-0.3, -0.25) is 0 Å². The second-order valence-electron chi connectivity index (χ2n) is 4.72. The maximum atomic E-state index is 5.95. The molecule has 2 aliphatic heterocycles. The summed E-state index contributed by atoms with van der Waals surface area (Å²) in [6.45, 7) is 0.945. The van der Waals surface area contributed by atoms with E-state index < -0.39 is 0 Å². The number of nitrogens with zero attached hydrogens (tertiary/aromatic N) is 3. The number of hydrogen-bond donors (Lipinski definition) is 1. The van der Waals surface area contributed by atoms with E-state index in [9.17, 15) is 0 Å². The Balaban J connectivity index is 1.80. The van der Waals surface area contributed by atoms with Crippen LogP contribution in [-0.2, 0) is 13.0 Å². The maximum absolute atomic E-state index is 5.95. The quantitative estimate of drug-likeness (QED) is 0.805. The molecule has 0 aliphatic carbocycles. The highest BCUT2D eigenvalue weighted by Gasteiger charge is 2.24. The third kappa shape index (κ3) is 1.98. The molecule has 4 nitrogen and oxygen atoms in total. The fourth-order valence-electron chi connectivity index (χ4n) is 2.43. The van der Waals surface area contributed by atoms with Crippen LogP contribution in [0.1, 0.15) is 42.6 Å². The Morgan fingerprint density at radius 2 is 2.25 bits per heavy atom. The fourth-order valence-corrected chi connectivity index (χ4v) is 3.67. The topological polar surface area (TPSA) is 56.7 Å². The van der Waals surface area contributed by atoms with Crippen molar-refractivity contribution in [3.05, 3.63) is 11.6 Å². The molecule has 0 aromatic carbocycles. The van der Waals surface area contributed by atoms with Crippen molar-refractivity contribution < 1.29 is 0 Å². The van der Waals surface area contributed by atoms with Crippen molar-refractivity contribution in [2.24, 2.45) is 5.73 Å². The monoisotopic (exact) mass is 238 g/mol. The highest BCUT2D eigenvalue weighted by molar-refractivity contribution is 7.99. The van der Waals surface area contributed by atoms with Crippen LogP contribution in [0.25, 0.3) is 0 Å². The third-order valence-electron chi connectivity index (χ3n) is 3.39. The molecule has 2 N–H and O–H groups in total. The van der Waals surface area contributed by atoms with E-state index in [1.807, 2.05) is 11.8 Å². The first-order chi connectivity index (χ1) is 7.83. The van der Waals surface area contributed by atoms with Crippen molar-refractivity contribution in [3.8, 4) is 0 Å². The van der Waals surface area contributed by atoms with Gasteiger partial charge in [0.1, 0.15) is 5.82 Å². The van der Waals surface area contributed by atoms with E-state index in [4.69, 9.17) is 5.73 Å². The second kappa shape index (κ2) is 4.37. The minimum atomic E-state index is 0.281. The van der Waals surface area contributed by atoms with Gasteiger partial charge < -0.3 is 5.73 Å². The SMILES string of the molecule is NC1CCn2nc(C3CCCCS3)nc2C1. The van der Waals surface area contributed by atoms with Gasteiger partial charge in [-0.25, -0.2) is 9.67 Å². The normalized spacial score (nSPS) is 30.1. The Hall–Kier alpha value is -0.550. The number of thioether (sulfide) groups is 1. The van der Waals surface area contributed by atoms with Crippen LogP contribution in [0, 0.1) is 0 Å². The summed E-state index contributed by atoms with van der Waals surface area (Å²) in [4.78, 5) is 4.68. The number of aromatic nitrogens is 3. The van der Waals surface area contributed by atoms with Crippen LogP contribution >= 0.6 is 11.8 Å². The zero-order valence-electron chi connectivity index (χ0n) is 9.43. The summed E-state index contributed by atoms with van der Waals surface area (Å²) in [6, 6.07) is 0.281. The molecule has 0 spiro atoms. The van der Waals surface area contributed by atoms with Crippen molar-refractivity contribution in [1.82, 2.24) is 14.8 Å². The van der Waals surface area contributed by atoms with Crippen molar-refractivity contribution in [2.45, 2.75) is 49.9 Å². The molecule has 88 valence electrons. The van der Waals surface area contributed by atoms with Gasteiger partial charge in [-0.1, -0.05) is 6.42 Å². The molecule has 1 aromatic heterocycles. The Morgan fingerprint density at radius 3 is 3.06 bits per heavy atom. The molecular formula is C11H18N4S. The van der Waals surface area contributed by atoms with Gasteiger partial charge in [-0.2, -0.15) is 16.9 Å². The van der Waals surface area contributed by atoms with Crippen LogP contribution in [0.4, 0.5) is 0 Å². The van der Waals surface area contributed by atoms with Gasteiger partial charge in [0.15, 0.2) is 5.82 Å². The highest BCUT2D eigenvalue weighted by atomic mass is 32.2. The van der Waals surface area contributed by atoms with E-state index in [2.05, 4.69) is 14.8 Å². The summed E-state index contributed by atoms with van der Waals surface area (Å²) in [7, 11) is 0. The summed E-state index contributed by atoms with van der Waals surface area (Å²) in [5, 5.41) is 5.17. The van der Waals surface area contributed by atoms with Gasteiger partial charge in [0.05, 0.1) is 5.25 Å². The summed E-state index contributed by atoms with van der Waals surface area (Å²) >= 11 is 2.01. The molecule has 2 atom stereocenters. The predicted octanol–water partition coefficient (Wildman–Crippen LogP) is 1.51. The zero-order valence-corrected chi connectivity index (χ0v) is 10.2. The maximum Gasteiger partial charge on any atom is 0.163 e. The molecule has 1 fully saturated rings. The van der Waals surface area contributed by atoms with Gasteiger partial charge in [0.2, 0.25) is 0 Å². The molecule has 0 amide bonds. The Morgan fingerprint density at radius 1 is 1.31 bits per heavy atom. The van der Waals surface area contributed by atoms with Crippen LogP contribution in [-0.4, -0.2) is 26.6 Å². The number of fused-ring (bicyclic) bond motifs is 1. The third-order valence-corrected chi connectivity index (χ3v) is 4.76. The minimum absolute atomic E-state index is 0.281. The fraction of sp³-hybridized carbons (Fsp3) is 0.818. The summed E-state index contributed by atoms with van der Waals surface area (Å²) < 4.78 is 2.06. The first-order valence-corrected chi connectivity index (χ1v) is 7.18. The molecule has 5 heteroatoms. The summed E-state index contributed by atoms with van der Waals surface area (Å²) in [5.41, 5.74) is 5.95. The summed E-state index contributed by atoms with van der Waals surface area (Å²) in [6.07, 6.45) is 5.83. The average Bonchev–Trinajstić information content (AvgIpc) is 2.73. The molecule has 0 saturated carbocycles. The number of rotatable bonds is 1. The molecule has 16 heavy (non-hydrogen) atoms. The summed E-state index contributed by atoms with van der Waals surface area (Å²) in [5.74, 6) is 3.40. The molecular weight excluding hydrogens is 220 g/mol. The van der Waals surface area contributed by atoms with Gasteiger partial charge in [-0.05, 0) is 25.0 Å². The lowest BCUT2D eigenvalue weighted by atomic mass is 10.1. The van der Waals surface area contributed by atoms with Gasteiger partial charge in [-0.15, -0.1) is 0 Å². The molecule has 3 heterocycles. The predicted molar refractivity (Wildman–Crippen MR) is 65.4 cm³/mol. The van der Waals surface area contributed by atoms with Crippen LogP contribution < -0.4 is 5.73 Å². The lowest BCUT2D eigenvalue weighted by Crippen LogP contribution is -2.31. The molecule has 0 radical (unpaired) electrons. The van der Waals surface area contributed by atoms with Crippen molar-refractivity contribution in [1.29, 1.82) is 0 Å². The van der Waals surface area contributed by atoms with Crippen LogP contribution in [0.3, 0.4) is 0 Å². The molecule has 1 aromatic rings. The largest absolute Gasteiger partial charge is 0.327 e. The van der Waals surface area contributed by atoms with Crippen molar-refractivity contribution in [2.75, 3.05) is 5.75 Å². The van der Waals surface area contributed by atoms with Gasteiger partial charge in [0.25, 0.3) is 0 Å². The zero-order chi connectivity index (χ0) is 11.0. The Kier molecular flexibility index (Phi) is 2.90. The van der Waals surface area contributed by atoms with E-state index in [-0.39, 0.29) is 6.04 Å². The lowest BCUT2D eigenvalue weighted by Gasteiger charge is -2.18. The molecule has 2 unspecified atom stereocenters. The smallest absolute Gasteiger partial charge is 0.163 e. The lowest BCUT2D eigenvalue weighted by molar-refractivity contribution is 0.431. The van der Waals surface area contributed by atoms with Gasteiger partial charge >= 0.3 is 0 Å². The number of nitrogens with two attached hydrogens (primary N) is 1. The van der Waals surface area contributed by atoms with Crippen LogP contribution in [0.2, 0.25) is 0 Å². The minimum Gasteiger partial charge on any atom is -0.327 e. The number of aryl methyl sites for hydroxylation is 1. The molecule has 1 saturated heterocycles. The van der Waals surface area contributed by atoms with Crippen molar-refractivity contribution in [3.63, 3.8) is 0 Å². The molecule has 2 aliphatic rings. The standard InChI is InChI=1S/C11H18N4S/c12-8-4-5-15-10(7-8)13-11(14-15)9-3-1-2-6-16-9/h8-9H,1-7,12H2.